The van der Waals surface area contributed by atoms with E-state index in [1.54, 1.807) is 0 Å². The molecule has 1 heterocycles. The average Bonchev–Trinajstić information content (AvgIpc) is 3.45. The van der Waals surface area contributed by atoms with E-state index in [-0.39, 0.29) is 63.1 Å². The van der Waals surface area contributed by atoms with Crippen LogP contribution in [-0.4, -0.2) is 43.1 Å². The zero-order valence-corrected chi connectivity index (χ0v) is 28.1. The first-order valence-electron chi connectivity index (χ1n) is 17.2. The van der Waals surface area contributed by atoms with E-state index in [9.17, 15) is 14.4 Å². The Morgan fingerprint density at radius 2 is 1.65 bits per heavy atom. The van der Waals surface area contributed by atoms with Gasteiger partial charge in [0.15, 0.2) is 5.78 Å². The summed E-state index contributed by atoms with van der Waals surface area (Å²) in [6.07, 6.45) is 12.5. The molecule has 1 aliphatic heterocycles. The van der Waals surface area contributed by atoms with Gasteiger partial charge in [-0.15, -0.1) is 0 Å². The van der Waals surface area contributed by atoms with Crippen molar-refractivity contribution in [2.75, 3.05) is 13.2 Å². The van der Waals surface area contributed by atoms with Crippen LogP contribution in [0.4, 0.5) is 0 Å². The van der Waals surface area contributed by atoms with Crippen molar-refractivity contribution in [3.8, 4) is 0 Å². The molecule has 5 aliphatic carbocycles. The fourth-order valence-corrected chi connectivity index (χ4v) is 11.9. The quantitative estimate of drug-likeness (QED) is 0.311. The summed E-state index contributed by atoms with van der Waals surface area (Å²) in [5.74, 6) is 0.440. The minimum atomic E-state index is -0.550. The van der Waals surface area contributed by atoms with Gasteiger partial charge in [-0.2, -0.15) is 0 Å². The summed E-state index contributed by atoms with van der Waals surface area (Å²) in [5.41, 5.74) is 0.270. The van der Waals surface area contributed by atoms with Gasteiger partial charge in [0.05, 0.1) is 11.5 Å². The van der Waals surface area contributed by atoms with Crippen molar-refractivity contribution in [1.29, 1.82) is 0 Å². The Bertz CT molecular complexity index is 1210. The number of hydrogen-bond donors (Lipinski definition) is 0. The van der Waals surface area contributed by atoms with E-state index < -0.39 is 5.41 Å². The van der Waals surface area contributed by atoms with Crippen molar-refractivity contribution >= 4 is 17.7 Å². The molecule has 5 fully saturated rings. The van der Waals surface area contributed by atoms with Crippen LogP contribution in [-0.2, 0) is 28.6 Å². The van der Waals surface area contributed by atoms with Crippen LogP contribution in [0.1, 0.15) is 126 Å². The summed E-state index contributed by atoms with van der Waals surface area (Å²) in [6, 6.07) is 0. The minimum Gasteiger partial charge on any atom is -0.463 e. The van der Waals surface area contributed by atoms with Crippen molar-refractivity contribution in [1.82, 2.24) is 0 Å². The molecule has 240 valence electrons. The van der Waals surface area contributed by atoms with E-state index in [0.717, 1.165) is 77.2 Å². The third-order valence-corrected chi connectivity index (χ3v) is 14.7. The minimum absolute atomic E-state index is 0.0282. The molecule has 0 N–H and O–H groups in total. The lowest BCUT2D eigenvalue weighted by atomic mass is 9.33. The SMILES string of the molecule is CC(=O)O[C@H]1CC[C@@]2(C)[C@H](CC[C@]3(C)[C@@H]2C(=O)C=C2[C@H]4C[C@@](C)(C(=O)OC[C@@H]5CCCO5)CC[C@]4(C)CC[C@@]23C)C1(C)C. The maximum Gasteiger partial charge on any atom is 0.311 e. The topological polar surface area (TPSA) is 78.9 Å². The normalized spacial score (nSPS) is 48.6. The molecule has 1 saturated heterocycles. The van der Waals surface area contributed by atoms with Gasteiger partial charge in [0.25, 0.3) is 0 Å². The summed E-state index contributed by atoms with van der Waals surface area (Å²) in [5, 5.41) is 0. The van der Waals surface area contributed by atoms with Crippen molar-refractivity contribution in [3.05, 3.63) is 11.6 Å². The smallest absolute Gasteiger partial charge is 0.311 e. The molecule has 0 aromatic carbocycles. The van der Waals surface area contributed by atoms with E-state index in [0.29, 0.717) is 18.3 Å². The molecule has 4 saturated carbocycles. The van der Waals surface area contributed by atoms with Crippen LogP contribution in [0.5, 0.6) is 0 Å². The predicted molar refractivity (Wildman–Crippen MR) is 165 cm³/mol. The highest BCUT2D eigenvalue weighted by atomic mass is 16.6. The summed E-state index contributed by atoms with van der Waals surface area (Å²) >= 11 is 0. The molecule has 0 bridgehead atoms. The molecule has 6 rings (SSSR count). The average molecular weight is 597 g/mol. The Kier molecular flexibility index (Phi) is 7.39. The maximum absolute atomic E-state index is 14.6. The van der Waals surface area contributed by atoms with Gasteiger partial charge >= 0.3 is 11.9 Å². The fourth-order valence-electron chi connectivity index (χ4n) is 11.9. The molecule has 6 aliphatic rings. The predicted octanol–water partition coefficient (Wildman–Crippen LogP) is 7.62. The molecule has 0 amide bonds. The molecule has 0 radical (unpaired) electrons. The lowest BCUT2D eigenvalue weighted by Crippen LogP contribution is -2.66. The van der Waals surface area contributed by atoms with Gasteiger partial charge in [0.2, 0.25) is 0 Å². The van der Waals surface area contributed by atoms with Crippen molar-refractivity contribution < 1.29 is 28.6 Å². The summed E-state index contributed by atoms with van der Waals surface area (Å²) in [6.45, 7) is 18.9. The van der Waals surface area contributed by atoms with Crippen molar-refractivity contribution in [2.45, 2.75) is 138 Å². The standard InChI is InChI=1S/C37H56O6/c1-23(38)43-29-12-13-35(6)28(32(29,2)3)11-14-37(8)30(35)27(39)20-25-26-21-34(5,31(40)42-22-24-10-9-19-41-24)16-15-33(26,4)17-18-36(25,37)7/h20,24,26,28-30H,9-19,21-22H2,1-8H3/t24-,26+,28+,29-,30+,33+,34-,35-,36-,37+/m0/s1. The number of ether oxygens (including phenoxy) is 3. The number of carbonyl (C=O) groups excluding carboxylic acids is 3. The third-order valence-electron chi connectivity index (χ3n) is 14.7. The summed E-state index contributed by atoms with van der Waals surface area (Å²) < 4.78 is 17.5. The second-order valence-electron chi connectivity index (χ2n) is 17.4. The van der Waals surface area contributed by atoms with Gasteiger partial charge in [-0.25, -0.2) is 0 Å². The lowest BCUT2D eigenvalue weighted by molar-refractivity contribution is -0.210. The largest absolute Gasteiger partial charge is 0.463 e. The van der Waals surface area contributed by atoms with Crippen LogP contribution in [0, 0.1) is 50.2 Å². The second-order valence-corrected chi connectivity index (χ2v) is 17.4. The Labute approximate surface area is 259 Å². The number of hydrogen-bond acceptors (Lipinski definition) is 6. The number of carbonyl (C=O) groups is 3. The maximum atomic E-state index is 14.6. The molecule has 0 aromatic heterocycles. The van der Waals surface area contributed by atoms with E-state index >= 15 is 0 Å². The van der Waals surface area contributed by atoms with Crippen LogP contribution < -0.4 is 0 Å². The van der Waals surface area contributed by atoms with Crippen molar-refractivity contribution in [2.24, 2.45) is 50.2 Å². The van der Waals surface area contributed by atoms with E-state index in [1.165, 1.54) is 12.5 Å². The number of esters is 2. The van der Waals surface area contributed by atoms with Gasteiger partial charge < -0.3 is 14.2 Å². The van der Waals surface area contributed by atoms with Crippen LogP contribution in [0.15, 0.2) is 11.6 Å². The zero-order valence-electron chi connectivity index (χ0n) is 28.1. The summed E-state index contributed by atoms with van der Waals surface area (Å²) in [7, 11) is 0. The van der Waals surface area contributed by atoms with Crippen LogP contribution in [0.3, 0.4) is 0 Å². The zero-order chi connectivity index (χ0) is 31.2. The highest BCUT2D eigenvalue weighted by Gasteiger charge is 2.70. The number of allylic oxidation sites excluding steroid dienone is 2. The third kappa shape index (κ3) is 4.53. The number of ketones is 1. The van der Waals surface area contributed by atoms with Gasteiger partial charge in [-0.1, -0.05) is 47.1 Å². The van der Waals surface area contributed by atoms with Gasteiger partial charge in [0, 0.05) is 24.9 Å². The molecule has 6 nitrogen and oxygen atoms in total. The molecular formula is C37H56O6. The van der Waals surface area contributed by atoms with E-state index in [4.69, 9.17) is 14.2 Å². The first-order valence-corrected chi connectivity index (χ1v) is 17.2. The lowest BCUT2D eigenvalue weighted by Gasteiger charge is -2.70. The molecular weight excluding hydrogens is 540 g/mol. The van der Waals surface area contributed by atoms with Gasteiger partial charge in [-0.05, 0) is 117 Å². The Morgan fingerprint density at radius 1 is 0.930 bits per heavy atom. The Balaban J connectivity index is 1.32. The number of rotatable bonds is 4. The van der Waals surface area contributed by atoms with Crippen LogP contribution in [0.25, 0.3) is 0 Å². The highest BCUT2D eigenvalue weighted by molar-refractivity contribution is 5.95. The first kappa shape index (κ1) is 31.3. The van der Waals surface area contributed by atoms with Gasteiger partial charge in [0.1, 0.15) is 12.7 Å². The van der Waals surface area contributed by atoms with Crippen LogP contribution in [0.2, 0.25) is 0 Å². The Morgan fingerprint density at radius 3 is 2.33 bits per heavy atom. The second kappa shape index (κ2) is 10.2. The molecule has 10 atom stereocenters. The van der Waals surface area contributed by atoms with E-state index in [1.807, 2.05) is 0 Å². The highest BCUT2D eigenvalue weighted by Crippen LogP contribution is 2.75. The molecule has 43 heavy (non-hydrogen) atoms. The fraction of sp³-hybridized carbons (Fsp3) is 0.865. The molecule has 0 aromatic rings. The van der Waals surface area contributed by atoms with Gasteiger partial charge in [-0.3, -0.25) is 14.4 Å². The van der Waals surface area contributed by atoms with E-state index in [2.05, 4.69) is 54.5 Å². The molecule has 6 heteroatoms. The van der Waals surface area contributed by atoms with Crippen molar-refractivity contribution in [3.63, 3.8) is 0 Å². The molecule has 0 unspecified atom stereocenters. The number of fused-ring (bicyclic) bond motifs is 7. The first-order chi connectivity index (χ1) is 20.0. The summed E-state index contributed by atoms with van der Waals surface area (Å²) in [4.78, 5) is 40.2. The van der Waals surface area contributed by atoms with Crippen LogP contribution >= 0.6 is 0 Å². The monoisotopic (exact) mass is 596 g/mol. The Hall–Kier alpha value is -1.69. The molecule has 0 spiro atoms.